The van der Waals surface area contributed by atoms with E-state index in [9.17, 15) is 9.59 Å². The number of amides is 1. The van der Waals surface area contributed by atoms with Crippen LogP contribution in [0.25, 0.3) is 11.0 Å². The lowest BCUT2D eigenvalue weighted by Crippen LogP contribution is -2.31. The highest BCUT2D eigenvalue weighted by Gasteiger charge is 2.42. The van der Waals surface area contributed by atoms with E-state index in [0.29, 0.717) is 53.4 Å². The van der Waals surface area contributed by atoms with Crippen LogP contribution in [0.2, 0.25) is 0 Å². The zero-order valence-corrected chi connectivity index (χ0v) is 23.7. The number of methoxy groups -OCH3 is 2. The normalized spacial score (nSPS) is 14.5. The fourth-order valence-corrected chi connectivity index (χ4v) is 5.45. The number of aryl methyl sites for hydroxylation is 2. The van der Waals surface area contributed by atoms with Crippen molar-refractivity contribution < 1.29 is 23.4 Å². The van der Waals surface area contributed by atoms with E-state index >= 15 is 0 Å². The van der Waals surface area contributed by atoms with Crippen LogP contribution >= 0.6 is 0 Å². The van der Waals surface area contributed by atoms with E-state index < -0.39 is 6.04 Å². The second-order valence-electron chi connectivity index (χ2n) is 10.2. The summed E-state index contributed by atoms with van der Waals surface area (Å²) in [6.45, 7) is 6.94. The van der Waals surface area contributed by atoms with Gasteiger partial charge in [0.2, 0.25) is 5.76 Å². The number of fused-ring (bicyclic) bond motifs is 2. The SMILES string of the molecule is CCCCOc1cccc(C2c3c(oc4c(C)cc(C)cc4c3=O)C(=O)N2CCc2ccc(OC)c(OC)c2)c1. The zero-order chi connectivity index (χ0) is 28.4. The Morgan fingerprint density at radius 3 is 2.50 bits per heavy atom. The Bertz CT molecular complexity index is 1620. The van der Waals surface area contributed by atoms with Gasteiger partial charge in [-0.2, -0.15) is 0 Å². The molecule has 1 amide bonds. The van der Waals surface area contributed by atoms with Gasteiger partial charge in [-0.25, -0.2) is 0 Å². The first kappa shape index (κ1) is 27.3. The van der Waals surface area contributed by atoms with Crippen molar-refractivity contribution in [3.63, 3.8) is 0 Å². The smallest absolute Gasteiger partial charge is 0.290 e. The first-order valence-electron chi connectivity index (χ1n) is 13.7. The van der Waals surface area contributed by atoms with Crippen LogP contribution in [0, 0.1) is 13.8 Å². The van der Waals surface area contributed by atoms with Crippen LogP contribution in [0.3, 0.4) is 0 Å². The molecule has 0 saturated heterocycles. The lowest BCUT2D eigenvalue weighted by atomic mass is 9.97. The summed E-state index contributed by atoms with van der Waals surface area (Å²) in [4.78, 5) is 29.7. The van der Waals surface area contributed by atoms with Crippen molar-refractivity contribution in [3.8, 4) is 17.2 Å². The Morgan fingerprint density at radius 1 is 0.950 bits per heavy atom. The highest BCUT2D eigenvalue weighted by Crippen LogP contribution is 2.40. The van der Waals surface area contributed by atoms with Gasteiger partial charge in [0.1, 0.15) is 11.3 Å². The highest BCUT2D eigenvalue weighted by atomic mass is 16.5. The first-order valence-corrected chi connectivity index (χ1v) is 13.7. The summed E-state index contributed by atoms with van der Waals surface area (Å²) in [7, 11) is 3.19. The number of nitrogens with zero attached hydrogens (tertiary/aromatic N) is 1. The summed E-state index contributed by atoms with van der Waals surface area (Å²) in [5, 5.41) is 0.492. The molecule has 1 aliphatic heterocycles. The largest absolute Gasteiger partial charge is 0.494 e. The monoisotopic (exact) mass is 541 g/mol. The molecular formula is C33H35NO6. The molecule has 7 heteroatoms. The van der Waals surface area contributed by atoms with Crippen LogP contribution in [0.5, 0.6) is 17.2 Å². The van der Waals surface area contributed by atoms with Gasteiger partial charge in [-0.3, -0.25) is 9.59 Å². The highest BCUT2D eigenvalue weighted by molar-refractivity contribution is 5.99. The summed E-state index contributed by atoms with van der Waals surface area (Å²) in [5.74, 6) is 1.79. The summed E-state index contributed by atoms with van der Waals surface area (Å²) in [6.07, 6.45) is 2.52. The minimum atomic E-state index is -0.598. The zero-order valence-electron chi connectivity index (χ0n) is 23.7. The summed E-state index contributed by atoms with van der Waals surface area (Å²) in [5.41, 5.74) is 4.24. The molecule has 2 heterocycles. The predicted molar refractivity (Wildman–Crippen MR) is 155 cm³/mol. The number of carbonyl (C=O) groups is 1. The third-order valence-electron chi connectivity index (χ3n) is 7.43. The van der Waals surface area contributed by atoms with Crippen molar-refractivity contribution in [2.75, 3.05) is 27.4 Å². The maximum atomic E-state index is 14.0. The molecule has 0 fully saturated rings. The minimum absolute atomic E-state index is 0.110. The standard InChI is InChI=1S/C33H35NO6/c1-6-7-15-39-24-10-8-9-23(19-24)29-28-30(35)25-17-20(2)16-21(3)31(25)40-32(28)33(36)34(29)14-13-22-11-12-26(37-4)27(18-22)38-5/h8-12,16-19,29H,6-7,13-15H2,1-5H3. The van der Waals surface area contributed by atoms with Crippen LogP contribution in [-0.2, 0) is 6.42 Å². The molecule has 3 aromatic carbocycles. The van der Waals surface area contributed by atoms with E-state index in [2.05, 4.69) is 6.92 Å². The maximum absolute atomic E-state index is 14.0. The Labute approximate surface area is 234 Å². The fourth-order valence-electron chi connectivity index (χ4n) is 5.45. The number of carbonyl (C=O) groups excluding carboxylic acids is 1. The van der Waals surface area contributed by atoms with Crippen molar-refractivity contribution >= 4 is 16.9 Å². The summed E-state index contributed by atoms with van der Waals surface area (Å²) in [6, 6.07) is 16.6. The van der Waals surface area contributed by atoms with Gasteiger partial charge >= 0.3 is 0 Å². The van der Waals surface area contributed by atoms with Crippen LogP contribution < -0.4 is 19.6 Å². The summed E-state index contributed by atoms with van der Waals surface area (Å²) >= 11 is 0. The van der Waals surface area contributed by atoms with Crippen molar-refractivity contribution in [1.29, 1.82) is 0 Å². The molecule has 1 aromatic heterocycles. The van der Waals surface area contributed by atoms with E-state index in [1.807, 2.05) is 68.4 Å². The maximum Gasteiger partial charge on any atom is 0.290 e. The molecule has 0 spiro atoms. The van der Waals surface area contributed by atoms with E-state index in [1.54, 1.807) is 19.1 Å². The summed E-state index contributed by atoms with van der Waals surface area (Å²) < 4.78 is 23.0. The van der Waals surface area contributed by atoms with Crippen LogP contribution in [0.1, 0.15) is 64.2 Å². The molecule has 0 bridgehead atoms. The van der Waals surface area contributed by atoms with Crippen molar-refractivity contribution in [2.45, 2.75) is 46.1 Å². The average Bonchev–Trinajstić information content (AvgIpc) is 3.24. The van der Waals surface area contributed by atoms with Crippen LogP contribution in [-0.4, -0.2) is 38.2 Å². The van der Waals surface area contributed by atoms with Gasteiger partial charge in [-0.15, -0.1) is 0 Å². The molecule has 40 heavy (non-hydrogen) atoms. The number of rotatable bonds is 10. The number of hydrogen-bond donors (Lipinski definition) is 0. The molecule has 1 atom stereocenters. The molecule has 0 saturated carbocycles. The predicted octanol–water partition coefficient (Wildman–Crippen LogP) is 6.39. The minimum Gasteiger partial charge on any atom is -0.494 e. The van der Waals surface area contributed by atoms with Crippen molar-refractivity contribution in [1.82, 2.24) is 4.90 Å². The molecule has 1 unspecified atom stereocenters. The van der Waals surface area contributed by atoms with Gasteiger partial charge in [0.25, 0.3) is 5.91 Å². The van der Waals surface area contributed by atoms with Gasteiger partial charge in [0.05, 0.1) is 37.8 Å². The van der Waals surface area contributed by atoms with E-state index in [-0.39, 0.29) is 17.1 Å². The van der Waals surface area contributed by atoms with Crippen molar-refractivity contribution in [3.05, 3.63) is 98.4 Å². The van der Waals surface area contributed by atoms with Crippen molar-refractivity contribution in [2.24, 2.45) is 0 Å². The quantitative estimate of drug-likeness (QED) is 0.216. The Balaban J connectivity index is 1.59. The molecule has 0 radical (unpaired) electrons. The molecule has 5 rings (SSSR count). The molecule has 1 aliphatic rings. The molecule has 4 aromatic rings. The molecule has 208 valence electrons. The third-order valence-corrected chi connectivity index (χ3v) is 7.43. The number of benzene rings is 3. The Morgan fingerprint density at radius 2 is 1.75 bits per heavy atom. The molecule has 7 nitrogen and oxygen atoms in total. The number of hydrogen-bond acceptors (Lipinski definition) is 6. The Hall–Kier alpha value is -4.26. The molecule has 0 N–H and O–H groups in total. The lowest BCUT2D eigenvalue weighted by molar-refractivity contribution is 0.0729. The Kier molecular flexibility index (Phi) is 7.83. The molecular weight excluding hydrogens is 506 g/mol. The molecule has 0 aliphatic carbocycles. The van der Waals surface area contributed by atoms with Crippen LogP contribution in [0.4, 0.5) is 0 Å². The second kappa shape index (κ2) is 11.5. The van der Waals surface area contributed by atoms with Crippen LogP contribution in [0.15, 0.2) is 63.8 Å². The topological polar surface area (TPSA) is 78.2 Å². The first-order chi connectivity index (χ1) is 19.4. The number of unbranched alkanes of at least 4 members (excludes halogenated alkanes) is 1. The van der Waals surface area contributed by atoms with Gasteiger partial charge < -0.3 is 23.5 Å². The third kappa shape index (κ3) is 5.04. The lowest BCUT2D eigenvalue weighted by Gasteiger charge is -2.25. The van der Waals surface area contributed by atoms with Gasteiger partial charge in [-0.1, -0.05) is 37.6 Å². The average molecular weight is 542 g/mol. The number of ether oxygens (including phenoxy) is 3. The van der Waals surface area contributed by atoms with Gasteiger partial charge in [0, 0.05) is 6.54 Å². The van der Waals surface area contributed by atoms with E-state index in [4.69, 9.17) is 18.6 Å². The second-order valence-corrected chi connectivity index (χ2v) is 10.2. The van der Waals surface area contributed by atoms with E-state index in [1.165, 1.54) is 0 Å². The van der Waals surface area contributed by atoms with Gasteiger partial charge in [-0.05, 0) is 79.3 Å². The fraction of sp³-hybridized carbons (Fsp3) is 0.333. The van der Waals surface area contributed by atoms with Gasteiger partial charge in [0.15, 0.2) is 16.9 Å². The van der Waals surface area contributed by atoms with E-state index in [0.717, 1.165) is 35.1 Å².